The highest BCUT2D eigenvalue weighted by atomic mass is 35.5. The fraction of sp³-hybridized carbons (Fsp3) is 0.440. The number of hydrogen-bond acceptors (Lipinski definition) is 4. The molecular weight excluding hydrogens is 509 g/mol. The van der Waals surface area contributed by atoms with Crippen molar-refractivity contribution in [2.45, 2.75) is 59.7 Å². The van der Waals surface area contributed by atoms with E-state index in [1.54, 1.807) is 44.2 Å². The first-order valence-corrected chi connectivity index (χ1v) is 13.9. The van der Waals surface area contributed by atoms with Gasteiger partial charge >= 0.3 is 0 Å². The van der Waals surface area contributed by atoms with Crippen LogP contribution in [0, 0.1) is 13.8 Å². The van der Waals surface area contributed by atoms with E-state index in [1.165, 1.54) is 4.90 Å². The lowest BCUT2D eigenvalue weighted by Crippen LogP contribution is -2.53. The van der Waals surface area contributed by atoms with Gasteiger partial charge in [0.05, 0.1) is 11.9 Å². The van der Waals surface area contributed by atoms with Crippen molar-refractivity contribution < 1.29 is 18.0 Å². The lowest BCUT2D eigenvalue weighted by Gasteiger charge is -2.34. The van der Waals surface area contributed by atoms with Crippen LogP contribution >= 0.6 is 23.2 Å². The average molecular weight is 543 g/mol. The van der Waals surface area contributed by atoms with Crippen molar-refractivity contribution in [2.24, 2.45) is 0 Å². The second-order valence-corrected chi connectivity index (χ2v) is 11.6. The van der Waals surface area contributed by atoms with Gasteiger partial charge in [-0.05, 0) is 57.9 Å². The summed E-state index contributed by atoms with van der Waals surface area (Å²) in [4.78, 5) is 28.1. The molecule has 35 heavy (non-hydrogen) atoms. The summed E-state index contributed by atoms with van der Waals surface area (Å²) in [6, 6.07) is 9.32. The van der Waals surface area contributed by atoms with Crippen LogP contribution in [-0.4, -0.2) is 50.0 Å². The van der Waals surface area contributed by atoms with Gasteiger partial charge in [0.15, 0.2) is 0 Å². The molecule has 7 nitrogen and oxygen atoms in total. The number of nitrogens with zero attached hydrogens (tertiary/aromatic N) is 2. The van der Waals surface area contributed by atoms with Crippen molar-refractivity contribution in [1.29, 1.82) is 0 Å². The molecule has 0 heterocycles. The Morgan fingerprint density at radius 3 is 2.14 bits per heavy atom. The molecule has 2 aromatic rings. The Bertz CT molecular complexity index is 1160. The highest BCUT2D eigenvalue weighted by molar-refractivity contribution is 7.92. The maximum absolute atomic E-state index is 13.7. The van der Waals surface area contributed by atoms with Crippen LogP contribution in [0.5, 0.6) is 0 Å². The van der Waals surface area contributed by atoms with E-state index >= 15 is 0 Å². The molecule has 1 N–H and O–H groups in total. The third kappa shape index (κ3) is 7.59. The van der Waals surface area contributed by atoms with Crippen molar-refractivity contribution in [3.63, 3.8) is 0 Å². The lowest BCUT2D eigenvalue weighted by atomic mass is 10.1. The molecule has 0 saturated heterocycles. The van der Waals surface area contributed by atoms with E-state index in [-0.39, 0.29) is 18.5 Å². The van der Waals surface area contributed by atoms with Gasteiger partial charge in [0.25, 0.3) is 0 Å². The number of halogens is 2. The van der Waals surface area contributed by atoms with Crippen molar-refractivity contribution in [2.75, 3.05) is 17.1 Å². The molecule has 0 radical (unpaired) electrons. The number of hydrogen-bond donors (Lipinski definition) is 1. The fourth-order valence-electron chi connectivity index (χ4n) is 3.83. The number of benzene rings is 2. The third-order valence-corrected chi connectivity index (χ3v) is 7.34. The van der Waals surface area contributed by atoms with E-state index < -0.39 is 28.5 Å². The van der Waals surface area contributed by atoms with Gasteiger partial charge in [-0.25, -0.2) is 8.42 Å². The monoisotopic (exact) mass is 541 g/mol. The molecule has 0 aromatic heterocycles. The van der Waals surface area contributed by atoms with E-state index in [1.807, 2.05) is 26.8 Å². The van der Waals surface area contributed by atoms with Gasteiger partial charge in [-0.2, -0.15) is 0 Å². The minimum atomic E-state index is -3.81. The van der Waals surface area contributed by atoms with E-state index in [9.17, 15) is 18.0 Å². The Hall–Kier alpha value is -2.29. The van der Waals surface area contributed by atoms with Crippen LogP contribution in [0.1, 0.15) is 43.9 Å². The van der Waals surface area contributed by atoms with E-state index in [0.29, 0.717) is 33.3 Å². The molecular formula is C25H33Cl2N3O4S. The lowest BCUT2D eigenvalue weighted by molar-refractivity contribution is -0.140. The summed E-state index contributed by atoms with van der Waals surface area (Å²) in [5.41, 5.74) is 2.57. The standard InChI is InChI=1S/C25H33Cl2N3O4S/c1-7-22(25(32)28-16(2)3)29(14-19-20(26)9-8-10-21(19)27)24(31)15-30(35(6,33)34)23-12-11-17(4)13-18(23)5/h8-13,16,22H,7,14-15H2,1-6H3,(H,28,32). The second-order valence-electron chi connectivity index (χ2n) is 8.87. The quantitative estimate of drug-likeness (QED) is 0.471. The summed E-state index contributed by atoms with van der Waals surface area (Å²) >= 11 is 12.7. The number of carbonyl (C=O) groups is 2. The van der Waals surface area contributed by atoms with E-state index in [0.717, 1.165) is 16.1 Å². The SMILES string of the molecule is CCC(C(=O)NC(C)C)N(Cc1c(Cl)cccc1Cl)C(=O)CN(c1ccc(C)cc1C)S(C)(=O)=O. The number of rotatable bonds is 10. The van der Waals surface area contributed by atoms with Gasteiger partial charge in [0.2, 0.25) is 21.8 Å². The zero-order chi connectivity index (χ0) is 26.5. The van der Waals surface area contributed by atoms with Gasteiger partial charge in [0, 0.05) is 28.2 Å². The molecule has 2 aromatic carbocycles. The molecule has 10 heteroatoms. The van der Waals surface area contributed by atoms with Crippen molar-refractivity contribution in [1.82, 2.24) is 10.2 Å². The van der Waals surface area contributed by atoms with Crippen LogP contribution in [-0.2, 0) is 26.2 Å². The van der Waals surface area contributed by atoms with Crippen LogP contribution in [0.2, 0.25) is 10.0 Å². The second kappa shape index (κ2) is 12.1. The molecule has 0 aliphatic rings. The highest BCUT2D eigenvalue weighted by Crippen LogP contribution is 2.28. The molecule has 0 saturated carbocycles. The van der Waals surface area contributed by atoms with Crippen LogP contribution in [0.4, 0.5) is 5.69 Å². The van der Waals surface area contributed by atoms with Crippen LogP contribution in [0.25, 0.3) is 0 Å². The first-order valence-electron chi connectivity index (χ1n) is 11.3. The summed E-state index contributed by atoms with van der Waals surface area (Å²) in [5, 5.41) is 3.55. The number of carbonyl (C=O) groups excluding carboxylic acids is 2. The van der Waals surface area contributed by atoms with Gasteiger partial charge in [0.1, 0.15) is 12.6 Å². The molecule has 0 aliphatic carbocycles. The third-order valence-electron chi connectivity index (χ3n) is 5.51. The zero-order valence-electron chi connectivity index (χ0n) is 20.9. The highest BCUT2D eigenvalue weighted by Gasteiger charge is 2.33. The molecule has 192 valence electrons. The first-order chi connectivity index (χ1) is 16.3. The molecule has 1 unspecified atom stereocenters. The zero-order valence-corrected chi connectivity index (χ0v) is 23.3. The molecule has 0 spiro atoms. The summed E-state index contributed by atoms with van der Waals surface area (Å²) in [6.45, 7) is 8.61. The number of anilines is 1. The predicted molar refractivity (Wildman–Crippen MR) is 142 cm³/mol. The smallest absolute Gasteiger partial charge is 0.244 e. The molecule has 1 atom stereocenters. The predicted octanol–water partition coefficient (Wildman–Crippen LogP) is 4.71. The summed E-state index contributed by atoms with van der Waals surface area (Å²) in [5.74, 6) is -0.881. The Labute approximate surface area is 218 Å². The maximum atomic E-state index is 13.7. The molecule has 0 fully saturated rings. The Kier molecular flexibility index (Phi) is 10.0. The largest absolute Gasteiger partial charge is 0.352 e. The molecule has 2 rings (SSSR count). The van der Waals surface area contributed by atoms with Crippen LogP contribution in [0.15, 0.2) is 36.4 Å². The van der Waals surface area contributed by atoms with Crippen LogP contribution in [0.3, 0.4) is 0 Å². The van der Waals surface area contributed by atoms with Crippen molar-refractivity contribution >= 4 is 50.7 Å². The molecule has 2 amide bonds. The van der Waals surface area contributed by atoms with E-state index in [4.69, 9.17) is 23.2 Å². The minimum Gasteiger partial charge on any atom is -0.352 e. The van der Waals surface area contributed by atoms with Crippen molar-refractivity contribution in [3.8, 4) is 0 Å². The van der Waals surface area contributed by atoms with E-state index in [2.05, 4.69) is 5.32 Å². The number of nitrogens with one attached hydrogen (secondary N) is 1. The fourth-order valence-corrected chi connectivity index (χ4v) is 5.26. The van der Waals surface area contributed by atoms with Crippen molar-refractivity contribution in [3.05, 3.63) is 63.1 Å². The Morgan fingerprint density at radius 2 is 1.66 bits per heavy atom. The van der Waals surface area contributed by atoms with Gasteiger partial charge in [-0.3, -0.25) is 13.9 Å². The Balaban J connectivity index is 2.54. The summed E-state index contributed by atoms with van der Waals surface area (Å²) in [6.07, 6.45) is 1.37. The topological polar surface area (TPSA) is 86.8 Å². The van der Waals surface area contributed by atoms with Crippen LogP contribution < -0.4 is 9.62 Å². The molecule has 0 bridgehead atoms. The maximum Gasteiger partial charge on any atom is 0.244 e. The first kappa shape index (κ1) is 28.9. The molecule has 0 aliphatic heterocycles. The number of amides is 2. The Morgan fingerprint density at radius 1 is 1.06 bits per heavy atom. The normalized spacial score (nSPS) is 12.4. The van der Waals surface area contributed by atoms with Gasteiger partial charge in [-0.1, -0.05) is 53.9 Å². The minimum absolute atomic E-state index is 0.0498. The summed E-state index contributed by atoms with van der Waals surface area (Å²) < 4.78 is 26.6. The summed E-state index contributed by atoms with van der Waals surface area (Å²) in [7, 11) is -3.81. The number of sulfonamides is 1. The average Bonchev–Trinajstić information content (AvgIpc) is 2.73. The number of aryl methyl sites for hydroxylation is 2. The van der Waals surface area contributed by atoms with Gasteiger partial charge < -0.3 is 10.2 Å². The van der Waals surface area contributed by atoms with Gasteiger partial charge in [-0.15, -0.1) is 0 Å².